The predicted octanol–water partition coefficient (Wildman–Crippen LogP) is 2.39. The minimum Gasteiger partial charge on any atom is -0.0619 e. The zero-order valence-corrected chi connectivity index (χ0v) is 7.43. The molecule has 11 heavy (non-hydrogen) atoms. The molecule has 0 nitrogen and oxygen atoms in total. The Kier molecular flexibility index (Phi) is 2.05. The van der Waals surface area contributed by atoms with Gasteiger partial charge in [-0.2, -0.15) is 0 Å². The molecule has 0 fully saturated rings. The SMILES string of the molecule is C1=[P+](c2ccccc2)CCC1. The van der Waals surface area contributed by atoms with Crippen molar-refractivity contribution in [3.63, 3.8) is 0 Å². The van der Waals surface area contributed by atoms with Crippen LogP contribution in [0.5, 0.6) is 0 Å². The minimum atomic E-state index is 0.135. The third-order valence-corrected chi connectivity index (χ3v) is 4.50. The number of hydrogen-bond donors (Lipinski definition) is 0. The summed E-state index contributed by atoms with van der Waals surface area (Å²) in [5.41, 5.74) is 0. The highest BCUT2D eigenvalue weighted by Gasteiger charge is 2.17. The Morgan fingerprint density at radius 1 is 1.09 bits per heavy atom. The third kappa shape index (κ3) is 1.52. The van der Waals surface area contributed by atoms with E-state index in [0.29, 0.717) is 0 Å². The number of benzene rings is 1. The Morgan fingerprint density at radius 2 is 1.91 bits per heavy atom. The maximum Gasteiger partial charge on any atom is 0.148 e. The zero-order chi connectivity index (χ0) is 7.52. The van der Waals surface area contributed by atoms with Gasteiger partial charge in [0.05, 0.1) is 5.80 Å². The summed E-state index contributed by atoms with van der Waals surface area (Å²) in [4.78, 5) is 0. The molecule has 1 unspecified atom stereocenters. The first kappa shape index (κ1) is 7.06. The Morgan fingerprint density at radius 3 is 2.55 bits per heavy atom. The van der Waals surface area contributed by atoms with E-state index in [-0.39, 0.29) is 7.55 Å². The van der Waals surface area contributed by atoms with Gasteiger partial charge in [-0.05, 0) is 18.6 Å². The molecule has 0 amide bonds. The molecule has 0 N–H and O–H groups in total. The van der Waals surface area contributed by atoms with E-state index in [1.165, 1.54) is 19.0 Å². The highest BCUT2D eigenvalue weighted by Crippen LogP contribution is 2.28. The highest BCUT2D eigenvalue weighted by atomic mass is 31.1. The van der Waals surface area contributed by atoms with Gasteiger partial charge < -0.3 is 0 Å². The summed E-state index contributed by atoms with van der Waals surface area (Å²) in [6, 6.07) is 10.9. The van der Waals surface area contributed by atoms with E-state index in [1.54, 1.807) is 5.30 Å². The predicted molar refractivity (Wildman–Crippen MR) is 53.2 cm³/mol. The minimum absolute atomic E-state index is 0.135. The lowest BCUT2D eigenvalue weighted by Gasteiger charge is -1.87. The average molecular weight is 163 g/mol. The third-order valence-electron chi connectivity index (χ3n) is 2.04. The highest BCUT2D eigenvalue weighted by molar-refractivity contribution is 7.65. The quantitative estimate of drug-likeness (QED) is 0.557. The van der Waals surface area contributed by atoms with Crippen molar-refractivity contribution in [3.05, 3.63) is 30.3 Å². The molecule has 0 spiro atoms. The van der Waals surface area contributed by atoms with E-state index in [0.717, 1.165) is 0 Å². The Balaban J connectivity index is 2.29. The van der Waals surface area contributed by atoms with Crippen LogP contribution in [0.3, 0.4) is 0 Å². The molecule has 56 valence electrons. The van der Waals surface area contributed by atoms with Crippen molar-refractivity contribution < 1.29 is 0 Å². The molecule has 1 aliphatic heterocycles. The van der Waals surface area contributed by atoms with Gasteiger partial charge in [-0.15, -0.1) is 0 Å². The number of hydrogen-bond acceptors (Lipinski definition) is 0. The molecule has 1 aromatic rings. The molecule has 1 aliphatic rings. The van der Waals surface area contributed by atoms with Crippen molar-refractivity contribution in [2.75, 3.05) is 6.16 Å². The van der Waals surface area contributed by atoms with E-state index >= 15 is 0 Å². The average Bonchev–Trinajstić information content (AvgIpc) is 2.58. The summed E-state index contributed by atoms with van der Waals surface area (Å²) < 4.78 is 0. The molecule has 0 radical (unpaired) electrons. The van der Waals surface area contributed by atoms with Gasteiger partial charge >= 0.3 is 0 Å². The molecule has 1 heterocycles. The normalized spacial score (nSPS) is 19.8. The molecule has 1 atom stereocenters. The summed E-state index contributed by atoms with van der Waals surface area (Å²) >= 11 is 0. The molecule has 0 bridgehead atoms. The monoisotopic (exact) mass is 163 g/mol. The van der Waals surface area contributed by atoms with Gasteiger partial charge in [0.25, 0.3) is 0 Å². The van der Waals surface area contributed by atoms with Gasteiger partial charge in [0.2, 0.25) is 0 Å². The van der Waals surface area contributed by atoms with Gasteiger partial charge in [0.1, 0.15) is 19.0 Å². The smallest absolute Gasteiger partial charge is 0.0619 e. The molecule has 1 heteroatoms. The second-order valence-corrected chi connectivity index (χ2v) is 5.12. The first-order valence-electron chi connectivity index (χ1n) is 4.12. The fraction of sp³-hybridized carbons (Fsp3) is 0.300. The van der Waals surface area contributed by atoms with Gasteiger partial charge in [0, 0.05) is 6.42 Å². The molecular formula is C10H12P+. The number of rotatable bonds is 1. The van der Waals surface area contributed by atoms with Gasteiger partial charge in [-0.3, -0.25) is 0 Å². The Hall–Kier alpha value is -0.610. The van der Waals surface area contributed by atoms with Crippen LogP contribution >= 0.6 is 7.55 Å². The second-order valence-electron chi connectivity index (χ2n) is 2.85. The standard InChI is InChI=1S/C10H12P/c1-2-6-10(7-3-1)11-8-4-5-9-11/h1-3,6-8H,4-5,9H2/q+1. The van der Waals surface area contributed by atoms with Crippen LogP contribution in [0.15, 0.2) is 30.3 Å². The molecule has 1 aromatic carbocycles. The second kappa shape index (κ2) is 3.19. The van der Waals surface area contributed by atoms with Crippen LogP contribution in [0.1, 0.15) is 12.8 Å². The van der Waals surface area contributed by atoms with E-state index in [2.05, 4.69) is 36.1 Å². The van der Waals surface area contributed by atoms with Crippen molar-refractivity contribution in [1.82, 2.24) is 0 Å². The van der Waals surface area contributed by atoms with Crippen LogP contribution in [-0.4, -0.2) is 12.0 Å². The van der Waals surface area contributed by atoms with E-state index in [1.807, 2.05) is 0 Å². The van der Waals surface area contributed by atoms with Crippen molar-refractivity contribution in [2.45, 2.75) is 12.8 Å². The topological polar surface area (TPSA) is 0 Å². The van der Waals surface area contributed by atoms with Gasteiger partial charge in [-0.1, -0.05) is 18.2 Å². The van der Waals surface area contributed by atoms with Crippen LogP contribution in [0.2, 0.25) is 0 Å². The van der Waals surface area contributed by atoms with Gasteiger partial charge in [-0.25, -0.2) is 0 Å². The van der Waals surface area contributed by atoms with Crippen LogP contribution in [0, 0.1) is 0 Å². The summed E-state index contributed by atoms with van der Waals surface area (Å²) in [6.45, 7) is 0. The largest absolute Gasteiger partial charge is 0.148 e. The lowest BCUT2D eigenvalue weighted by molar-refractivity contribution is 1.05. The fourth-order valence-corrected chi connectivity index (χ4v) is 3.68. The van der Waals surface area contributed by atoms with Crippen molar-refractivity contribution in [1.29, 1.82) is 0 Å². The Labute approximate surface area is 68.6 Å². The van der Waals surface area contributed by atoms with Crippen LogP contribution in [0.4, 0.5) is 0 Å². The van der Waals surface area contributed by atoms with E-state index in [4.69, 9.17) is 0 Å². The molecular weight excluding hydrogens is 151 g/mol. The molecule has 0 saturated heterocycles. The maximum absolute atomic E-state index is 2.50. The summed E-state index contributed by atoms with van der Waals surface area (Å²) in [5, 5.41) is 1.56. The van der Waals surface area contributed by atoms with Crippen molar-refractivity contribution in [2.24, 2.45) is 0 Å². The Bertz CT molecular complexity index is 261. The van der Waals surface area contributed by atoms with Crippen LogP contribution in [0.25, 0.3) is 0 Å². The lowest BCUT2D eigenvalue weighted by Crippen LogP contribution is -1.94. The van der Waals surface area contributed by atoms with Crippen LogP contribution < -0.4 is 5.30 Å². The van der Waals surface area contributed by atoms with Crippen molar-refractivity contribution >= 4 is 18.6 Å². The maximum atomic E-state index is 2.50. The summed E-state index contributed by atoms with van der Waals surface area (Å²) in [6.07, 6.45) is 4.15. The first-order chi connectivity index (χ1) is 5.47. The fourth-order valence-electron chi connectivity index (χ4n) is 1.45. The van der Waals surface area contributed by atoms with E-state index in [9.17, 15) is 0 Å². The molecule has 0 saturated carbocycles. The molecule has 0 aromatic heterocycles. The zero-order valence-electron chi connectivity index (χ0n) is 6.53. The van der Waals surface area contributed by atoms with Crippen LogP contribution in [-0.2, 0) is 0 Å². The lowest BCUT2D eigenvalue weighted by atomic mass is 10.4. The van der Waals surface area contributed by atoms with E-state index < -0.39 is 0 Å². The molecule has 2 rings (SSSR count). The summed E-state index contributed by atoms with van der Waals surface area (Å²) in [5.74, 6) is 2.50. The first-order valence-corrected chi connectivity index (χ1v) is 5.71. The van der Waals surface area contributed by atoms with Gasteiger partial charge in [0.15, 0.2) is 0 Å². The van der Waals surface area contributed by atoms with Crippen molar-refractivity contribution in [3.8, 4) is 0 Å². The summed E-state index contributed by atoms with van der Waals surface area (Å²) in [7, 11) is 0.135. The molecule has 0 aliphatic carbocycles.